The third-order valence-corrected chi connectivity index (χ3v) is 6.71. The highest BCUT2D eigenvalue weighted by Gasteiger charge is 2.28. The fourth-order valence-corrected chi connectivity index (χ4v) is 4.79. The van der Waals surface area contributed by atoms with Crippen molar-refractivity contribution < 1.29 is 19.1 Å². The molecule has 0 saturated carbocycles. The Morgan fingerprint density at radius 3 is 2.37 bits per heavy atom. The highest BCUT2D eigenvalue weighted by Crippen LogP contribution is 2.32. The standard InChI is InChI=1S/C27H27N3O4S/c1-2-34-26(33)24-23(20-11-7-4-8-12-20)28-27(35-24)29-25(32)21-15-17-30(18-16-21)22(31)14-13-19-9-5-3-6-10-19/h3-14,21H,2,15-18H2,1H3,(H,28,29,32)/b14-13+. The summed E-state index contributed by atoms with van der Waals surface area (Å²) >= 11 is 1.11. The van der Waals surface area contributed by atoms with Crippen molar-refractivity contribution in [3.05, 3.63) is 77.2 Å². The molecule has 1 aliphatic heterocycles. The number of esters is 1. The fraction of sp³-hybridized carbons (Fsp3) is 0.259. The molecule has 4 rings (SSSR count). The molecule has 0 bridgehead atoms. The number of aromatic nitrogens is 1. The third kappa shape index (κ3) is 6.22. The lowest BCUT2D eigenvalue weighted by Crippen LogP contribution is -2.40. The summed E-state index contributed by atoms with van der Waals surface area (Å²) in [4.78, 5) is 44.6. The minimum absolute atomic E-state index is 0.0563. The summed E-state index contributed by atoms with van der Waals surface area (Å²) in [6, 6.07) is 19.0. The number of nitrogens with one attached hydrogen (secondary N) is 1. The Kier molecular flexibility index (Phi) is 8.05. The van der Waals surface area contributed by atoms with Gasteiger partial charge in [-0.1, -0.05) is 72.0 Å². The molecule has 0 spiro atoms. The molecule has 1 N–H and O–H groups in total. The van der Waals surface area contributed by atoms with Crippen molar-refractivity contribution >= 4 is 40.3 Å². The Bertz CT molecular complexity index is 1200. The molecule has 1 fully saturated rings. The van der Waals surface area contributed by atoms with E-state index in [4.69, 9.17) is 4.74 Å². The number of nitrogens with zero attached hydrogens (tertiary/aromatic N) is 2. The first-order chi connectivity index (χ1) is 17.0. The molecule has 3 aromatic rings. The Morgan fingerprint density at radius 1 is 1.06 bits per heavy atom. The molecule has 0 atom stereocenters. The molecule has 2 amide bonds. The maximum Gasteiger partial charge on any atom is 0.350 e. The average Bonchev–Trinajstić information content (AvgIpc) is 3.32. The molecule has 0 aliphatic carbocycles. The van der Waals surface area contributed by atoms with Crippen LogP contribution in [0.15, 0.2) is 66.7 Å². The number of benzene rings is 2. The van der Waals surface area contributed by atoms with Crippen molar-refractivity contribution in [3.63, 3.8) is 0 Å². The number of anilines is 1. The summed E-state index contributed by atoms with van der Waals surface area (Å²) in [6.45, 7) is 3.03. The number of carbonyl (C=O) groups is 3. The lowest BCUT2D eigenvalue weighted by Gasteiger charge is -2.30. The normalized spacial score (nSPS) is 14.1. The lowest BCUT2D eigenvalue weighted by molar-refractivity contribution is -0.130. The van der Waals surface area contributed by atoms with Crippen LogP contribution >= 0.6 is 11.3 Å². The second-order valence-corrected chi connectivity index (χ2v) is 9.12. The van der Waals surface area contributed by atoms with E-state index in [-0.39, 0.29) is 24.3 Å². The van der Waals surface area contributed by atoms with E-state index in [0.29, 0.717) is 41.6 Å². The van der Waals surface area contributed by atoms with Gasteiger partial charge in [0.25, 0.3) is 0 Å². The van der Waals surface area contributed by atoms with Crippen molar-refractivity contribution in [2.24, 2.45) is 5.92 Å². The molecule has 7 nitrogen and oxygen atoms in total. The molecule has 1 aliphatic rings. The van der Waals surface area contributed by atoms with Gasteiger partial charge in [-0.25, -0.2) is 9.78 Å². The Labute approximate surface area is 208 Å². The number of amides is 2. The number of likely N-dealkylation sites (tertiary alicyclic amines) is 1. The number of carbonyl (C=O) groups excluding carboxylic acids is 3. The van der Waals surface area contributed by atoms with E-state index >= 15 is 0 Å². The van der Waals surface area contributed by atoms with Crippen molar-refractivity contribution in [2.75, 3.05) is 25.0 Å². The van der Waals surface area contributed by atoms with Crippen LogP contribution in [0, 0.1) is 5.92 Å². The topological polar surface area (TPSA) is 88.6 Å². The second-order valence-electron chi connectivity index (χ2n) is 8.12. The van der Waals surface area contributed by atoms with E-state index in [1.165, 1.54) is 0 Å². The predicted octanol–water partition coefficient (Wildman–Crippen LogP) is 4.88. The molecule has 2 aromatic carbocycles. The van der Waals surface area contributed by atoms with Crippen molar-refractivity contribution in [3.8, 4) is 11.3 Å². The van der Waals surface area contributed by atoms with E-state index in [1.54, 1.807) is 24.0 Å². The number of piperidine rings is 1. The highest BCUT2D eigenvalue weighted by atomic mass is 32.1. The lowest BCUT2D eigenvalue weighted by atomic mass is 9.96. The first-order valence-corrected chi connectivity index (χ1v) is 12.4. The van der Waals surface area contributed by atoms with Gasteiger partial charge < -0.3 is 15.0 Å². The molecule has 0 unspecified atom stereocenters. The molecule has 1 aromatic heterocycles. The van der Waals surface area contributed by atoms with Gasteiger partial charge in [-0.3, -0.25) is 9.59 Å². The van der Waals surface area contributed by atoms with Crippen LogP contribution < -0.4 is 5.32 Å². The molecule has 0 radical (unpaired) electrons. The SMILES string of the molecule is CCOC(=O)c1sc(NC(=O)C2CCN(C(=O)/C=C/c3ccccc3)CC2)nc1-c1ccccc1. The Hall–Kier alpha value is -3.78. The van der Waals surface area contributed by atoms with Gasteiger partial charge in [0.15, 0.2) is 5.13 Å². The van der Waals surface area contributed by atoms with E-state index in [0.717, 1.165) is 22.5 Å². The molecular formula is C27H27N3O4S. The van der Waals surface area contributed by atoms with Crippen LogP contribution in [0.25, 0.3) is 17.3 Å². The van der Waals surface area contributed by atoms with Crippen molar-refractivity contribution in [2.45, 2.75) is 19.8 Å². The van der Waals surface area contributed by atoms with E-state index in [9.17, 15) is 14.4 Å². The molecule has 1 saturated heterocycles. The first-order valence-electron chi connectivity index (χ1n) is 11.6. The first kappa shape index (κ1) is 24.3. The summed E-state index contributed by atoms with van der Waals surface area (Å²) < 4.78 is 5.18. The largest absolute Gasteiger partial charge is 0.462 e. The summed E-state index contributed by atoms with van der Waals surface area (Å²) in [5.74, 6) is -0.896. The molecule has 8 heteroatoms. The zero-order valence-corrected chi connectivity index (χ0v) is 20.3. The van der Waals surface area contributed by atoms with Crippen LogP contribution in [0.3, 0.4) is 0 Å². The van der Waals surface area contributed by atoms with Crippen LogP contribution in [0.1, 0.15) is 35.0 Å². The molecule has 2 heterocycles. The summed E-state index contributed by atoms with van der Waals surface area (Å²) in [5.41, 5.74) is 2.24. The number of hydrogen-bond acceptors (Lipinski definition) is 6. The van der Waals surface area contributed by atoms with E-state index in [1.807, 2.05) is 60.7 Å². The van der Waals surface area contributed by atoms with E-state index < -0.39 is 5.97 Å². The monoisotopic (exact) mass is 489 g/mol. The quantitative estimate of drug-likeness (QED) is 0.378. The third-order valence-electron chi connectivity index (χ3n) is 5.76. The number of ether oxygens (including phenoxy) is 1. The number of hydrogen-bond donors (Lipinski definition) is 1. The maximum atomic E-state index is 12.9. The minimum atomic E-state index is -0.459. The van der Waals surface area contributed by atoms with Gasteiger partial charge in [-0.15, -0.1) is 0 Å². The van der Waals surface area contributed by atoms with Crippen LogP contribution in [0.5, 0.6) is 0 Å². The van der Waals surface area contributed by atoms with Crippen molar-refractivity contribution in [1.29, 1.82) is 0 Å². The zero-order chi connectivity index (χ0) is 24.6. The van der Waals surface area contributed by atoms with Gasteiger partial charge in [-0.2, -0.15) is 0 Å². The minimum Gasteiger partial charge on any atom is -0.462 e. The summed E-state index contributed by atoms with van der Waals surface area (Å²) in [5, 5.41) is 3.24. The predicted molar refractivity (Wildman–Crippen MR) is 137 cm³/mol. The second kappa shape index (κ2) is 11.6. The van der Waals surface area contributed by atoms with Crippen LogP contribution in [0.2, 0.25) is 0 Å². The van der Waals surface area contributed by atoms with Gasteiger partial charge in [0, 0.05) is 30.6 Å². The Morgan fingerprint density at radius 2 is 1.71 bits per heavy atom. The van der Waals surface area contributed by atoms with Crippen LogP contribution in [-0.2, 0) is 14.3 Å². The van der Waals surface area contributed by atoms with Gasteiger partial charge in [0.1, 0.15) is 4.88 Å². The van der Waals surface area contributed by atoms with Gasteiger partial charge in [0.05, 0.1) is 12.3 Å². The molecule has 35 heavy (non-hydrogen) atoms. The molecule has 180 valence electrons. The van der Waals surface area contributed by atoms with Crippen LogP contribution in [0.4, 0.5) is 5.13 Å². The summed E-state index contributed by atoms with van der Waals surface area (Å²) in [6.07, 6.45) is 4.51. The number of thiazole rings is 1. The summed E-state index contributed by atoms with van der Waals surface area (Å²) in [7, 11) is 0. The maximum absolute atomic E-state index is 12.9. The zero-order valence-electron chi connectivity index (χ0n) is 19.5. The fourth-order valence-electron chi connectivity index (χ4n) is 3.91. The van der Waals surface area contributed by atoms with Gasteiger partial charge in [-0.05, 0) is 31.4 Å². The van der Waals surface area contributed by atoms with E-state index in [2.05, 4.69) is 10.3 Å². The average molecular weight is 490 g/mol. The van der Waals surface area contributed by atoms with Gasteiger partial charge >= 0.3 is 5.97 Å². The Balaban J connectivity index is 1.37. The number of rotatable bonds is 7. The molecular weight excluding hydrogens is 462 g/mol. The van der Waals surface area contributed by atoms with Crippen LogP contribution in [-0.4, -0.2) is 47.4 Å². The van der Waals surface area contributed by atoms with Gasteiger partial charge in [0.2, 0.25) is 11.8 Å². The highest BCUT2D eigenvalue weighted by molar-refractivity contribution is 7.18. The van der Waals surface area contributed by atoms with Crippen molar-refractivity contribution in [1.82, 2.24) is 9.88 Å². The smallest absolute Gasteiger partial charge is 0.350 e.